The number of furan rings is 1. The highest BCUT2D eigenvalue weighted by molar-refractivity contribution is 6.08. The van der Waals surface area contributed by atoms with E-state index >= 15 is 0 Å². The summed E-state index contributed by atoms with van der Waals surface area (Å²) in [6.45, 7) is 7.37. The zero-order valence-electron chi connectivity index (χ0n) is 19.6. The van der Waals surface area contributed by atoms with Gasteiger partial charge in [-0.3, -0.25) is 14.9 Å². The van der Waals surface area contributed by atoms with Gasteiger partial charge in [0.15, 0.2) is 16.8 Å². The van der Waals surface area contributed by atoms with Gasteiger partial charge >= 0.3 is 6.03 Å². The molecule has 4 heterocycles. The van der Waals surface area contributed by atoms with Crippen molar-refractivity contribution >= 4 is 34.6 Å². The third kappa shape index (κ3) is 3.56. The largest absolute Gasteiger partial charge is 0.497 e. The van der Waals surface area contributed by atoms with Gasteiger partial charge in [0.1, 0.15) is 17.0 Å². The van der Waals surface area contributed by atoms with Crippen LogP contribution in [-0.2, 0) is 16.9 Å². The normalized spacial score (nSPS) is 18.5. The number of nitrogens with zero attached hydrogens (tertiary/aromatic N) is 3. The van der Waals surface area contributed by atoms with Crippen LogP contribution in [0.4, 0.5) is 10.5 Å². The molecule has 10 nitrogen and oxygen atoms in total. The average Bonchev–Trinajstić information content (AvgIpc) is 3.57. The van der Waals surface area contributed by atoms with Crippen LogP contribution in [0.15, 0.2) is 65.1 Å². The Bertz CT molecular complexity index is 1670. The van der Waals surface area contributed by atoms with Crippen LogP contribution in [0.5, 0.6) is 5.75 Å². The molecule has 2 aliphatic heterocycles. The van der Waals surface area contributed by atoms with Crippen LogP contribution in [-0.4, -0.2) is 41.4 Å². The molecule has 0 unspecified atom stereocenters. The van der Waals surface area contributed by atoms with E-state index in [9.17, 15) is 14.4 Å². The molecule has 4 amide bonds. The van der Waals surface area contributed by atoms with E-state index in [2.05, 4.69) is 20.5 Å². The first kappa shape index (κ1) is 22.3. The average molecular weight is 493 g/mol. The summed E-state index contributed by atoms with van der Waals surface area (Å²) in [5.74, 6) is -0.190. The lowest BCUT2D eigenvalue weighted by Crippen LogP contribution is -2.52. The SMILES string of the molecule is [C-]#[N+]c1cccc(-c2ccc3oc([C@]4(CN5Cc6ccc(OC)cc6C5=O)NC(=O)NC4=O)cc3n2)c1. The Kier molecular flexibility index (Phi) is 4.94. The summed E-state index contributed by atoms with van der Waals surface area (Å²) in [7, 11) is 1.52. The third-order valence-electron chi connectivity index (χ3n) is 6.63. The molecule has 0 saturated carbocycles. The van der Waals surface area contributed by atoms with Crippen LogP contribution in [0, 0.1) is 6.57 Å². The Morgan fingerprint density at radius 3 is 2.76 bits per heavy atom. The van der Waals surface area contributed by atoms with Gasteiger partial charge in [0, 0.05) is 18.2 Å². The Balaban J connectivity index is 1.38. The highest BCUT2D eigenvalue weighted by atomic mass is 16.5. The van der Waals surface area contributed by atoms with Crippen molar-refractivity contribution in [1.29, 1.82) is 0 Å². The minimum atomic E-state index is -1.64. The number of aromatic nitrogens is 1. The second-order valence-corrected chi connectivity index (χ2v) is 8.85. The number of benzene rings is 2. The van der Waals surface area contributed by atoms with E-state index in [1.54, 1.807) is 48.5 Å². The number of amides is 4. The van der Waals surface area contributed by atoms with Gasteiger partial charge in [-0.1, -0.05) is 24.3 Å². The van der Waals surface area contributed by atoms with E-state index in [-0.39, 0.29) is 24.8 Å². The van der Waals surface area contributed by atoms with Crippen molar-refractivity contribution in [1.82, 2.24) is 20.5 Å². The highest BCUT2D eigenvalue weighted by Crippen LogP contribution is 2.35. The lowest BCUT2D eigenvalue weighted by molar-refractivity contribution is -0.125. The fourth-order valence-corrected chi connectivity index (χ4v) is 4.77. The number of carbonyl (C=O) groups excluding carboxylic acids is 3. The molecule has 2 aromatic heterocycles. The number of nitrogens with one attached hydrogen (secondary N) is 2. The number of fused-ring (bicyclic) bond motifs is 2. The first-order valence-corrected chi connectivity index (χ1v) is 11.4. The van der Waals surface area contributed by atoms with Gasteiger partial charge in [-0.05, 0) is 41.5 Å². The van der Waals surface area contributed by atoms with Crippen molar-refractivity contribution in [3.63, 3.8) is 0 Å². The van der Waals surface area contributed by atoms with Crippen molar-refractivity contribution in [2.75, 3.05) is 13.7 Å². The predicted molar refractivity (Wildman–Crippen MR) is 132 cm³/mol. The fourth-order valence-electron chi connectivity index (χ4n) is 4.77. The zero-order valence-corrected chi connectivity index (χ0v) is 19.6. The highest BCUT2D eigenvalue weighted by Gasteiger charge is 2.53. The van der Waals surface area contributed by atoms with Gasteiger partial charge in [-0.25, -0.2) is 14.6 Å². The van der Waals surface area contributed by atoms with Crippen LogP contribution in [0.3, 0.4) is 0 Å². The molecular weight excluding hydrogens is 474 g/mol. The van der Waals surface area contributed by atoms with Gasteiger partial charge in [-0.2, -0.15) is 0 Å². The van der Waals surface area contributed by atoms with Gasteiger partial charge < -0.3 is 19.4 Å². The summed E-state index contributed by atoms with van der Waals surface area (Å²) in [6, 6.07) is 16.7. The number of carbonyl (C=O) groups is 3. The maximum atomic E-state index is 13.2. The molecule has 37 heavy (non-hydrogen) atoms. The van der Waals surface area contributed by atoms with Crippen LogP contribution in [0.25, 0.3) is 27.2 Å². The van der Waals surface area contributed by atoms with Crippen molar-refractivity contribution in [3.8, 4) is 17.0 Å². The minimum absolute atomic E-state index is 0.139. The molecule has 6 rings (SSSR count). The minimum Gasteiger partial charge on any atom is -0.497 e. The molecule has 2 aliphatic rings. The summed E-state index contributed by atoms with van der Waals surface area (Å²) in [6.07, 6.45) is 0. The van der Waals surface area contributed by atoms with E-state index in [1.165, 1.54) is 12.0 Å². The molecular formula is C27H19N5O5. The first-order valence-electron chi connectivity index (χ1n) is 11.4. The standard InChI is InChI=1S/C27H19N5O5/c1-28-17-5-3-4-15(10-17)20-8-9-22-21(29-20)12-23(37-22)27(25(34)30-26(35)31-27)14-32-13-16-6-7-18(36-2)11-19(16)24(32)33/h3-12H,13-14H2,2H3,(H2,30,31,34,35)/t27-/m0/s1. The van der Waals surface area contributed by atoms with E-state index in [4.69, 9.17) is 15.7 Å². The maximum absolute atomic E-state index is 13.2. The van der Waals surface area contributed by atoms with Crippen molar-refractivity contribution < 1.29 is 23.5 Å². The third-order valence-corrected chi connectivity index (χ3v) is 6.63. The number of hydrogen-bond acceptors (Lipinski definition) is 6. The topological polar surface area (TPSA) is 118 Å². The number of pyridine rings is 1. The summed E-state index contributed by atoms with van der Waals surface area (Å²) in [4.78, 5) is 48.2. The molecule has 0 aliphatic carbocycles. The smallest absolute Gasteiger partial charge is 0.322 e. The second kappa shape index (κ2) is 8.20. The van der Waals surface area contributed by atoms with E-state index in [0.29, 0.717) is 33.8 Å². The number of hydrogen-bond donors (Lipinski definition) is 2. The molecule has 1 fully saturated rings. The van der Waals surface area contributed by atoms with Crippen LogP contribution in [0.2, 0.25) is 0 Å². The molecule has 1 atom stereocenters. The summed E-state index contributed by atoms with van der Waals surface area (Å²) in [5.41, 5.74) is 2.40. The molecule has 10 heteroatoms. The Hall–Kier alpha value is -5.17. The van der Waals surface area contributed by atoms with Crippen molar-refractivity contribution in [3.05, 3.63) is 89.0 Å². The summed E-state index contributed by atoms with van der Waals surface area (Å²) in [5, 5.41) is 4.95. The van der Waals surface area contributed by atoms with Crippen LogP contribution >= 0.6 is 0 Å². The maximum Gasteiger partial charge on any atom is 0.322 e. The number of ether oxygens (including phenoxy) is 1. The molecule has 1 saturated heterocycles. The summed E-state index contributed by atoms with van der Waals surface area (Å²) < 4.78 is 11.3. The lowest BCUT2D eigenvalue weighted by Gasteiger charge is -2.28. The van der Waals surface area contributed by atoms with Crippen LogP contribution < -0.4 is 15.4 Å². The number of methoxy groups -OCH3 is 1. The van der Waals surface area contributed by atoms with Gasteiger partial charge in [0.05, 0.1) is 25.9 Å². The van der Waals surface area contributed by atoms with Crippen molar-refractivity contribution in [2.45, 2.75) is 12.1 Å². The van der Waals surface area contributed by atoms with Gasteiger partial charge in [0.25, 0.3) is 11.8 Å². The fraction of sp³-hybridized carbons (Fsp3) is 0.148. The Labute approximate surface area is 210 Å². The Morgan fingerprint density at radius 2 is 2.00 bits per heavy atom. The molecule has 0 bridgehead atoms. The zero-order chi connectivity index (χ0) is 25.7. The lowest BCUT2D eigenvalue weighted by atomic mass is 9.95. The van der Waals surface area contributed by atoms with E-state index in [0.717, 1.165) is 11.1 Å². The Morgan fingerprint density at radius 1 is 1.14 bits per heavy atom. The van der Waals surface area contributed by atoms with E-state index in [1.807, 2.05) is 12.1 Å². The quantitative estimate of drug-likeness (QED) is 0.323. The number of imide groups is 1. The van der Waals surface area contributed by atoms with Crippen LogP contribution in [0.1, 0.15) is 21.7 Å². The molecule has 182 valence electrons. The van der Waals surface area contributed by atoms with Gasteiger partial charge in [0.2, 0.25) is 0 Å². The van der Waals surface area contributed by atoms with E-state index < -0.39 is 17.5 Å². The van der Waals surface area contributed by atoms with Crippen molar-refractivity contribution in [2.24, 2.45) is 0 Å². The summed E-state index contributed by atoms with van der Waals surface area (Å²) >= 11 is 0. The predicted octanol–water partition coefficient (Wildman–Crippen LogP) is 3.74. The molecule has 2 aromatic carbocycles. The second-order valence-electron chi connectivity index (χ2n) is 8.85. The number of rotatable bonds is 5. The first-order chi connectivity index (χ1) is 17.9. The monoisotopic (exact) mass is 493 g/mol. The van der Waals surface area contributed by atoms with Gasteiger partial charge in [-0.15, -0.1) is 0 Å². The molecule has 0 spiro atoms. The molecule has 0 radical (unpaired) electrons. The molecule has 2 N–H and O–H groups in total. The molecule has 4 aromatic rings. The number of urea groups is 1.